The minimum absolute atomic E-state index is 0.0803. The first-order valence-corrected chi connectivity index (χ1v) is 8.37. The van der Waals surface area contributed by atoms with Gasteiger partial charge in [-0.3, -0.25) is 0 Å². The number of rotatable bonds is 4. The van der Waals surface area contributed by atoms with Crippen LogP contribution in [0.25, 0.3) is 0 Å². The normalized spacial score (nSPS) is 18.7. The van der Waals surface area contributed by atoms with E-state index in [-0.39, 0.29) is 12.1 Å². The first-order valence-electron chi connectivity index (χ1n) is 8.00. The molecule has 0 bridgehead atoms. The van der Waals surface area contributed by atoms with E-state index < -0.39 is 5.60 Å². The van der Waals surface area contributed by atoms with Crippen molar-refractivity contribution < 1.29 is 9.90 Å². The number of para-hydroxylation sites is 1. The minimum Gasteiger partial charge on any atom is -0.389 e. The Bertz CT molecular complexity index is 545. The smallest absolute Gasteiger partial charge is 0.317 e. The molecular weight excluding hydrogens is 314 g/mol. The molecule has 1 aliphatic heterocycles. The number of hydrogen-bond acceptors (Lipinski definition) is 3. The summed E-state index contributed by atoms with van der Waals surface area (Å²) in [5.74, 6) is 0. The van der Waals surface area contributed by atoms with Gasteiger partial charge in [-0.15, -0.1) is 0 Å². The Balaban J connectivity index is 1.94. The maximum Gasteiger partial charge on any atom is 0.317 e. The number of benzene rings is 1. The van der Waals surface area contributed by atoms with E-state index >= 15 is 0 Å². The second-order valence-corrected chi connectivity index (χ2v) is 7.26. The fourth-order valence-corrected chi connectivity index (χ4v) is 3.21. The molecule has 0 aromatic heterocycles. The van der Waals surface area contributed by atoms with Crippen molar-refractivity contribution in [2.75, 3.05) is 31.6 Å². The van der Waals surface area contributed by atoms with E-state index in [2.05, 4.69) is 10.2 Å². The van der Waals surface area contributed by atoms with E-state index in [9.17, 15) is 9.90 Å². The summed E-state index contributed by atoms with van der Waals surface area (Å²) in [5, 5.41) is 13.6. The van der Waals surface area contributed by atoms with Crippen molar-refractivity contribution in [1.82, 2.24) is 10.2 Å². The quantitative estimate of drug-likeness (QED) is 0.886. The summed E-state index contributed by atoms with van der Waals surface area (Å²) in [6.07, 6.45) is 1.95. The molecule has 6 heteroatoms. The van der Waals surface area contributed by atoms with Crippen molar-refractivity contribution in [2.24, 2.45) is 0 Å². The van der Waals surface area contributed by atoms with E-state index in [1.165, 1.54) is 4.90 Å². The van der Waals surface area contributed by atoms with Gasteiger partial charge in [0.05, 0.1) is 22.9 Å². The summed E-state index contributed by atoms with van der Waals surface area (Å²) < 4.78 is 0. The molecule has 0 radical (unpaired) electrons. The Morgan fingerprint density at radius 2 is 2.17 bits per heavy atom. The lowest BCUT2D eigenvalue weighted by molar-refractivity contribution is 0.0527. The largest absolute Gasteiger partial charge is 0.389 e. The number of halogens is 1. The summed E-state index contributed by atoms with van der Waals surface area (Å²) in [6.45, 7) is 5.36. The average Bonchev–Trinajstić information content (AvgIpc) is 2.46. The maximum absolute atomic E-state index is 12.3. The van der Waals surface area contributed by atoms with Crippen molar-refractivity contribution in [3.05, 3.63) is 29.3 Å². The molecule has 23 heavy (non-hydrogen) atoms. The highest BCUT2D eigenvalue weighted by Crippen LogP contribution is 2.27. The first-order chi connectivity index (χ1) is 10.8. The van der Waals surface area contributed by atoms with E-state index in [1.54, 1.807) is 20.9 Å². The third kappa shape index (κ3) is 5.29. The highest BCUT2D eigenvalue weighted by molar-refractivity contribution is 6.33. The van der Waals surface area contributed by atoms with Crippen LogP contribution in [0.4, 0.5) is 10.5 Å². The second-order valence-electron chi connectivity index (χ2n) is 6.85. The van der Waals surface area contributed by atoms with Crippen LogP contribution in [-0.2, 0) is 0 Å². The number of carbonyl (C=O) groups excluding carboxylic acids is 1. The predicted octanol–water partition coefficient (Wildman–Crippen LogP) is 2.72. The summed E-state index contributed by atoms with van der Waals surface area (Å²) >= 11 is 6.27. The van der Waals surface area contributed by atoms with Gasteiger partial charge in [0.1, 0.15) is 0 Å². The molecule has 1 unspecified atom stereocenters. The van der Waals surface area contributed by atoms with Gasteiger partial charge in [0.2, 0.25) is 0 Å². The summed E-state index contributed by atoms with van der Waals surface area (Å²) in [4.78, 5) is 16.0. The third-order valence-electron chi connectivity index (χ3n) is 3.91. The van der Waals surface area contributed by atoms with Crippen LogP contribution >= 0.6 is 11.6 Å². The second kappa shape index (κ2) is 7.41. The first kappa shape index (κ1) is 17.9. The van der Waals surface area contributed by atoms with Crippen LogP contribution < -0.4 is 10.2 Å². The van der Waals surface area contributed by atoms with Gasteiger partial charge >= 0.3 is 6.03 Å². The molecule has 2 amide bonds. The number of aliphatic hydroxyl groups is 1. The molecule has 1 saturated heterocycles. The summed E-state index contributed by atoms with van der Waals surface area (Å²) in [6, 6.07) is 7.71. The Morgan fingerprint density at radius 3 is 2.83 bits per heavy atom. The molecule has 2 N–H and O–H groups in total. The third-order valence-corrected chi connectivity index (χ3v) is 4.23. The van der Waals surface area contributed by atoms with Gasteiger partial charge < -0.3 is 20.2 Å². The molecule has 1 fully saturated rings. The number of nitrogens with one attached hydrogen (secondary N) is 1. The number of piperidine rings is 1. The van der Waals surface area contributed by atoms with Crippen LogP contribution in [-0.4, -0.2) is 54.4 Å². The van der Waals surface area contributed by atoms with Gasteiger partial charge in [0, 0.05) is 26.2 Å². The van der Waals surface area contributed by atoms with Crippen LogP contribution in [0.15, 0.2) is 24.3 Å². The Labute approximate surface area is 143 Å². The molecule has 1 aliphatic rings. The Hall–Kier alpha value is -1.46. The fraction of sp³-hybridized carbons (Fsp3) is 0.588. The lowest BCUT2D eigenvalue weighted by Gasteiger charge is -2.36. The van der Waals surface area contributed by atoms with Crippen molar-refractivity contribution in [3.8, 4) is 0 Å². The van der Waals surface area contributed by atoms with Crippen LogP contribution in [0.3, 0.4) is 0 Å². The molecule has 1 heterocycles. The highest BCUT2D eigenvalue weighted by Gasteiger charge is 2.25. The highest BCUT2D eigenvalue weighted by atomic mass is 35.5. The monoisotopic (exact) mass is 339 g/mol. The standard InChI is InChI=1S/C17H26ClN3O2/c1-17(2,23)12-20(3)16(22)19-13-7-6-10-21(11-13)15-9-5-4-8-14(15)18/h4-5,8-9,13,23H,6-7,10-12H2,1-3H3,(H,19,22). The molecule has 0 spiro atoms. The molecule has 0 saturated carbocycles. The van der Waals surface area contributed by atoms with Crippen LogP contribution in [0.5, 0.6) is 0 Å². The molecule has 0 aliphatic carbocycles. The number of carbonyl (C=O) groups is 1. The number of amides is 2. The van der Waals surface area contributed by atoms with E-state index in [4.69, 9.17) is 11.6 Å². The zero-order valence-corrected chi connectivity index (χ0v) is 14.8. The Kier molecular flexibility index (Phi) is 5.76. The van der Waals surface area contributed by atoms with Crippen molar-refractivity contribution in [3.63, 3.8) is 0 Å². The topological polar surface area (TPSA) is 55.8 Å². The van der Waals surface area contributed by atoms with Crippen LogP contribution in [0, 0.1) is 0 Å². The molecule has 1 atom stereocenters. The number of nitrogens with zero attached hydrogens (tertiary/aromatic N) is 2. The van der Waals surface area contributed by atoms with E-state index in [0.29, 0.717) is 6.54 Å². The lowest BCUT2D eigenvalue weighted by Crippen LogP contribution is -2.52. The lowest BCUT2D eigenvalue weighted by atomic mass is 10.0. The summed E-state index contributed by atoms with van der Waals surface area (Å²) in [5.41, 5.74) is 0.111. The van der Waals surface area contributed by atoms with E-state index in [0.717, 1.165) is 36.6 Å². The van der Waals surface area contributed by atoms with Gasteiger partial charge in [0.15, 0.2) is 0 Å². The Morgan fingerprint density at radius 1 is 1.48 bits per heavy atom. The minimum atomic E-state index is -0.901. The van der Waals surface area contributed by atoms with Gasteiger partial charge in [-0.1, -0.05) is 23.7 Å². The van der Waals surface area contributed by atoms with Gasteiger partial charge in [-0.2, -0.15) is 0 Å². The summed E-state index contributed by atoms with van der Waals surface area (Å²) in [7, 11) is 1.70. The van der Waals surface area contributed by atoms with Crippen molar-refractivity contribution in [2.45, 2.75) is 38.3 Å². The molecule has 2 rings (SSSR count). The molecule has 1 aromatic carbocycles. The number of hydrogen-bond donors (Lipinski definition) is 2. The van der Waals surface area contributed by atoms with Crippen LogP contribution in [0.1, 0.15) is 26.7 Å². The fourth-order valence-electron chi connectivity index (χ4n) is 2.96. The van der Waals surface area contributed by atoms with E-state index in [1.807, 2.05) is 24.3 Å². The molecule has 128 valence electrons. The molecule has 1 aromatic rings. The number of anilines is 1. The van der Waals surface area contributed by atoms with Gasteiger partial charge in [-0.25, -0.2) is 4.79 Å². The zero-order valence-electron chi connectivity index (χ0n) is 14.1. The van der Waals surface area contributed by atoms with Crippen molar-refractivity contribution in [1.29, 1.82) is 0 Å². The van der Waals surface area contributed by atoms with Gasteiger partial charge in [-0.05, 0) is 38.8 Å². The molecular formula is C17H26ClN3O2. The maximum atomic E-state index is 12.3. The number of urea groups is 1. The SMILES string of the molecule is CN(CC(C)(C)O)C(=O)NC1CCCN(c2ccccc2Cl)C1. The van der Waals surface area contributed by atoms with Gasteiger partial charge in [0.25, 0.3) is 0 Å². The van der Waals surface area contributed by atoms with Crippen molar-refractivity contribution >= 4 is 23.3 Å². The average molecular weight is 340 g/mol. The predicted molar refractivity (Wildman–Crippen MR) is 94.1 cm³/mol. The van der Waals surface area contributed by atoms with Crippen LogP contribution in [0.2, 0.25) is 5.02 Å². The zero-order chi connectivity index (χ0) is 17.0. The number of likely N-dealkylation sites (N-methyl/N-ethyl adjacent to an activating group) is 1. The molecule has 5 nitrogen and oxygen atoms in total.